The average molecular weight is 373 g/mol. The summed E-state index contributed by atoms with van der Waals surface area (Å²) in [7, 11) is 0. The molecule has 0 radical (unpaired) electrons. The lowest BCUT2D eigenvalue weighted by Gasteiger charge is -2.10. The van der Waals surface area contributed by atoms with Gasteiger partial charge in [0.05, 0.1) is 5.56 Å². The van der Waals surface area contributed by atoms with Gasteiger partial charge in [-0.3, -0.25) is 4.40 Å². The highest BCUT2D eigenvalue weighted by Gasteiger charge is 2.23. The monoisotopic (exact) mass is 373 g/mol. The van der Waals surface area contributed by atoms with E-state index >= 15 is 0 Å². The molecular weight excluding hydrogens is 359 g/mol. The number of nitrogens with one attached hydrogen (secondary N) is 1. The predicted octanol–water partition coefficient (Wildman–Crippen LogP) is 5.84. The van der Waals surface area contributed by atoms with E-state index in [1.807, 2.05) is 18.2 Å². The number of rotatable bonds is 3. The Morgan fingerprint density at radius 3 is 2.27 bits per heavy atom. The van der Waals surface area contributed by atoms with Gasteiger partial charge in [0.25, 0.3) is 0 Å². The van der Waals surface area contributed by atoms with Crippen molar-refractivity contribution in [2.45, 2.75) is 13.8 Å². The maximum Gasteiger partial charge on any atom is 0.196 e. The van der Waals surface area contributed by atoms with Gasteiger partial charge in [0.15, 0.2) is 4.96 Å². The summed E-state index contributed by atoms with van der Waals surface area (Å²) in [4.78, 5) is 6.14. The Morgan fingerprint density at radius 2 is 1.62 bits per heavy atom. The largest absolute Gasteiger partial charge is 0.339 e. The Kier molecular flexibility index (Phi) is 3.96. The molecule has 0 spiro atoms. The summed E-state index contributed by atoms with van der Waals surface area (Å²) in [5, 5.41) is 3.14. The maximum absolute atomic E-state index is 14.4. The van der Waals surface area contributed by atoms with Crippen LogP contribution in [0.15, 0.2) is 42.5 Å². The first-order valence-electron chi connectivity index (χ1n) is 7.91. The number of hydrogen-bond acceptors (Lipinski definition) is 3. The van der Waals surface area contributed by atoms with Crippen molar-refractivity contribution in [1.82, 2.24) is 9.38 Å². The number of anilines is 2. The SMILES string of the molecule is Cc1sc2nc(-c3c(F)cccc3F)c(Nc3ccc(F)cc3)n2c1C. The third-order valence-electron chi connectivity index (χ3n) is 4.24. The minimum atomic E-state index is -0.688. The van der Waals surface area contributed by atoms with Crippen molar-refractivity contribution in [2.24, 2.45) is 0 Å². The smallest absolute Gasteiger partial charge is 0.196 e. The van der Waals surface area contributed by atoms with E-state index in [0.29, 0.717) is 16.5 Å². The van der Waals surface area contributed by atoms with E-state index in [1.165, 1.54) is 41.7 Å². The van der Waals surface area contributed by atoms with Crippen molar-refractivity contribution in [3.05, 3.63) is 70.5 Å². The quantitative estimate of drug-likeness (QED) is 0.489. The molecule has 2 heterocycles. The lowest BCUT2D eigenvalue weighted by Crippen LogP contribution is -2.00. The van der Waals surface area contributed by atoms with Gasteiger partial charge in [-0.05, 0) is 50.2 Å². The maximum atomic E-state index is 14.4. The number of imidazole rings is 1. The molecule has 132 valence electrons. The summed E-state index contributed by atoms with van der Waals surface area (Å²) in [5.74, 6) is -1.30. The van der Waals surface area contributed by atoms with Crippen molar-refractivity contribution >= 4 is 27.8 Å². The number of hydrogen-bond donors (Lipinski definition) is 1. The summed E-state index contributed by atoms with van der Waals surface area (Å²) in [6, 6.07) is 9.47. The fraction of sp³-hybridized carbons (Fsp3) is 0.105. The normalized spacial score (nSPS) is 11.3. The first-order chi connectivity index (χ1) is 12.5. The molecule has 0 fully saturated rings. The number of aromatic nitrogens is 2. The van der Waals surface area contributed by atoms with Gasteiger partial charge in [-0.25, -0.2) is 18.2 Å². The highest BCUT2D eigenvalue weighted by molar-refractivity contribution is 7.17. The Labute approximate surface area is 151 Å². The second-order valence-electron chi connectivity index (χ2n) is 5.90. The zero-order valence-corrected chi connectivity index (χ0v) is 14.8. The zero-order chi connectivity index (χ0) is 18.4. The van der Waals surface area contributed by atoms with Gasteiger partial charge in [-0.2, -0.15) is 0 Å². The van der Waals surface area contributed by atoms with Crippen LogP contribution in [0.5, 0.6) is 0 Å². The van der Waals surface area contributed by atoms with Crippen LogP contribution < -0.4 is 5.32 Å². The predicted molar refractivity (Wildman–Crippen MR) is 97.6 cm³/mol. The van der Waals surface area contributed by atoms with Crippen LogP contribution in [0.1, 0.15) is 10.6 Å². The Hall–Kier alpha value is -2.80. The van der Waals surface area contributed by atoms with Crippen molar-refractivity contribution in [3.8, 4) is 11.3 Å². The molecule has 0 atom stereocenters. The third-order valence-corrected chi connectivity index (χ3v) is 5.30. The van der Waals surface area contributed by atoms with Crippen LogP contribution in [0.3, 0.4) is 0 Å². The number of fused-ring (bicyclic) bond motifs is 1. The van der Waals surface area contributed by atoms with E-state index < -0.39 is 11.6 Å². The zero-order valence-electron chi connectivity index (χ0n) is 14.0. The second kappa shape index (κ2) is 6.17. The first kappa shape index (κ1) is 16.7. The van der Waals surface area contributed by atoms with E-state index in [-0.39, 0.29) is 17.1 Å². The standard InChI is InChI=1S/C19H14F3N3S/c1-10-11(2)26-19-24-17(16-14(21)4-3-5-15(16)22)18(25(10)19)23-13-8-6-12(20)7-9-13/h3-9,23H,1-2H3. The van der Waals surface area contributed by atoms with Crippen LogP contribution in [0.4, 0.5) is 24.7 Å². The minimum absolute atomic E-state index is 0.180. The van der Waals surface area contributed by atoms with Crippen molar-refractivity contribution in [3.63, 3.8) is 0 Å². The summed E-state index contributed by atoms with van der Waals surface area (Å²) >= 11 is 1.44. The van der Waals surface area contributed by atoms with Crippen molar-refractivity contribution in [2.75, 3.05) is 5.32 Å². The Bertz CT molecular complexity index is 1090. The highest BCUT2D eigenvalue weighted by Crippen LogP contribution is 2.37. The number of benzene rings is 2. The molecule has 2 aromatic heterocycles. The molecule has 0 unspecified atom stereocenters. The van der Waals surface area contributed by atoms with Gasteiger partial charge in [0.1, 0.15) is 29.0 Å². The topological polar surface area (TPSA) is 29.3 Å². The Balaban J connectivity index is 1.97. The lowest BCUT2D eigenvalue weighted by molar-refractivity contribution is 0.589. The summed E-state index contributed by atoms with van der Waals surface area (Å²) < 4.78 is 43.7. The summed E-state index contributed by atoms with van der Waals surface area (Å²) in [5.41, 5.74) is 1.50. The van der Waals surface area contributed by atoms with Crippen molar-refractivity contribution in [1.29, 1.82) is 0 Å². The van der Waals surface area contributed by atoms with Crippen LogP contribution in [0.25, 0.3) is 16.2 Å². The number of aryl methyl sites for hydroxylation is 2. The minimum Gasteiger partial charge on any atom is -0.339 e. The molecule has 0 amide bonds. The molecule has 7 heteroatoms. The molecule has 0 saturated carbocycles. The number of thiazole rings is 1. The molecule has 4 rings (SSSR count). The van der Waals surface area contributed by atoms with Gasteiger partial charge in [-0.1, -0.05) is 6.07 Å². The Morgan fingerprint density at radius 1 is 0.962 bits per heavy atom. The van der Waals surface area contributed by atoms with E-state index in [0.717, 1.165) is 10.6 Å². The molecule has 3 nitrogen and oxygen atoms in total. The fourth-order valence-electron chi connectivity index (χ4n) is 2.83. The van der Waals surface area contributed by atoms with Crippen LogP contribution in [0, 0.1) is 31.3 Å². The van der Waals surface area contributed by atoms with Gasteiger partial charge in [-0.15, -0.1) is 11.3 Å². The number of halogens is 3. The number of nitrogens with zero attached hydrogens (tertiary/aromatic N) is 2. The first-order valence-corrected chi connectivity index (χ1v) is 8.73. The van der Waals surface area contributed by atoms with E-state index in [9.17, 15) is 13.2 Å². The van der Waals surface area contributed by atoms with Gasteiger partial charge >= 0.3 is 0 Å². The second-order valence-corrected chi connectivity index (χ2v) is 7.08. The molecule has 26 heavy (non-hydrogen) atoms. The average Bonchev–Trinajstić information content (AvgIpc) is 3.07. The van der Waals surface area contributed by atoms with Crippen LogP contribution in [-0.2, 0) is 0 Å². The van der Waals surface area contributed by atoms with E-state index in [1.54, 1.807) is 12.1 Å². The van der Waals surface area contributed by atoms with Crippen LogP contribution >= 0.6 is 11.3 Å². The molecule has 0 aliphatic heterocycles. The fourth-order valence-corrected chi connectivity index (χ4v) is 3.80. The highest BCUT2D eigenvalue weighted by atomic mass is 32.1. The summed E-state index contributed by atoms with van der Waals surface area (Å²) in [6.07, 6.45) is 0. The summed E-state index contributed by atoms with van der Waals surface area (Å²) in [6.45, 7) is 3.87. The molecule has 0 bridgehead atoms. The van der Waals surface area contributed by atoms with E-state index in [2.05, 4.69) is 10.3 Å². The van der Waals surface area contributed by atoms with Gasteiger partial charge in [0, 0.05) is 16.3 Å². The molecule has 0 aliphatic rings. The van der Waals surface area contributed by atoms with Gasteiger partial charge < -0.3 is 5.32 Å². The third kappa shape index (κ3) is 2.64. The van der Waals surface area contributed by atoms with Crippen LogP contribution in [0.2, 0.25) is 0 Å². The van der Waals surface area contributed by atoms with Crippen molar-refractivity contribution < 1.29 is 13.2 Å². The molecule has 0 saturated heterocycles. The van der Waals surface area contributed by atoms with E-state index in [4.69, 9.17) is 0 Å². The van der Waals surface area contributed by atoms with Gasteiger partial charge in [0.2, 0.25) is 0 Å². The lowest BCUT2D eigenvalue weighted by atomic mass is 10.1. The molecular formula is C19H14F3N3S. The molecule has 2 aromatic carbocycles. The molecule has 0 aliphatic carbocycles. The molecule has 4 aromatic rings. The van der Waals surface area contributed by atoms with Crippen LogP contribution in [-0.4, -0.2) is 9.38 Å². The molecule has 1 N–H and O–H groups in total.